The number of anilines is 2. The van der Waals surface area contributed by atoms with Gasteiger partial charge < -0.3 is 5.32 Å². The van der Waals surface area contributed by atoms with Crippen LogP contribution in [0.4, 0.5) is 20.2 Å². The Morgan fingerprint density at radius 3 is 2.48 bits per heavy atom. The monoisotopic (exact) mass is 365 g/mol. The summed E-state index contributed by atoms with van der Waals surface area (Å²) in [6.07, 6.45) is 0.895. The molecule has 0 radical (unpaired) electrons. The number of rotatable bonds is 5. The van der Waals surface area contributed by atoms with Crippen molar-refractivity contribution in [3.63, 3.8) is 0 Å². The first-order valence-electron chi connectivity index (χ1n) is 6.94. The normalized spacial score (nSPS) is 10.8. The van der Waals surface area contributed by atoms with E-state index in [0.717, 1.165) is 28.8 Å². The number of nitrogens with zero attached hydrogens (tertiary/aromatic N) is 2. The van der Waals surface area contributed by atoms with Gasteiger partial charge in [-0.25, -0.2) is 17.2 Å². The van der Waals surface area contributed by atoms with E-state index in [1.807, 2.05) is 6.07 Å². The Labute approximate surface area is 143 Å². The number of carbonyl (C=O) groups excluding carboxylic acids is 1. The van der Waals surface area contributed by atoms with E-state index in [-0.39, 0.29) is 16.9 Å². The third-order valence-electron chi connectivity index (χ3n) is 3.18. The van der Waals surface area contributed by atoms with Crippen molar-refractivity contribution in [1.82, 2.24) is 0 Å². The summed E-state index contributed by atoms with van der Waals surface area (Å²) in [5.74, 6) is -2.99. The van der Waals surface area contributed by atoms with Gasteiger partial charge >= 0.3 is 0 Å². The van der Waals surface area contributed by atoms with Crippen LogP contribution >= 0.6 is 0 Å². The Bertz CT molecular complexity index is 955. The summed E-state index contributed by atoms with van der Waals surface area (Å²) in [6, 6.07) is 10.5. The minimum atomic E-state index is -3.87. The Morgan fingerprint density at radius 2 is 1.88 bits per heavy atom. The summed E-state index contributed by atoms with van der Waals surface area (Å²) in [5, 5.41) is 11.4. The molecule has 9 heteroatoms. The number of sulfonamides is 1. The van der Waals surface area contributed by atoms with Crippen molar-refractivity contribution < 1.29 is 22.0 Å². The molecule has 25 heavy (non-hydrogen) atoms. The molecule has 2 aromatic rings. The van der Waals surface area contributed by atoms with Gasteiger partial charge in [-0.05, 0) is 24.3 Å². The molecular weight excluding hydrogens is 352 g/mol. The van der Waals surface area contributed by atoms with E-state index in [0.29, 0.717) is 0 Å². The summed E-state index contributed by atoms with van der Waals surface area (Å²) in [6.45, 7) is -0.628. The van der Waals surface area contributed by atoms with Crippen LogP contribution in [0.3, 0.4) is 0 Å². The fourth-order valence-corrected chi connectivity index (χ4v) is 2.94. The maximum absolute atomic E-state index is 13.2. The Hall–Kier alpha value is -2.99. The number of nitrogens with one attached hydrogen (secondary N) is 1. The van der Waals surface area contributed by atoms with Gasteiger partial charge in [0, 0.05) is 11.8 Å². The molecule has 0 spiro atoms. The number of benzene rings is 2. The highest BCUT2D eigenvalue weighted by Gasteiger charge is 2.23. The molecule has 130 valence electrons. The lowest BCUT2D eigenvalue weighted by atomic mass is 10.2. The predicted octanol–water partition coefficient (Wildman–Crippen LogP) is 2.24. The van der Waals surface area contributed by atoms with E-state index in [9.17, 15) is 22.0 Å². The second kappa shape index (κ2) is 7.27. The highest BCUT2D eigenvalue weighted by Crippen LogP contribution is 2.22. The van der Waals surface area contributed by atoms with Crippen LogP contribution in [0.5, 0.6) is 0 Å². The number of hydrogen-bond acceptors (Lipinski definition) is 4. The van der Waals surface area contributed by atoms with Crippen molar-refractivity contribution in [2.75, 3.05) is 22.4 Å². The topological polar surface area (TPSA) is 90.3 Å². The molecule has 0 aliphatic rings. The van der Waals surface area contributed by atoms with Crippen molar-refractivity contribution in [3.05, 3.63) is 59.7 Å². The van der Waals surface area contributed by atoms with Gasteiger partial charge in [-0.2, -0.15) is 5.26 Å². The Morgan fingerprint density at radius 1 is 1.20 bits per heavy atom. The van der Waals surface area contributed by atoms with Crippen LogP contribution in [-0.2, 0) is 14.8 Å². The van der Waals surface area contributed by atoms with Crippen molar-refractivity contribution in [3.8, 4) is 6.07 Å². The first kappa shape index (κ1) is 18.4. The molecule has 0 aliphatic heterocycles. The summed E-state index contributed by atoms with van der Waals surface area (Å²) in [5.41, 5.74) is 0.104. The van der Waals surface area contributed by atoms with E-state index >= 15 is 0 Å². The first-order chi connectivity index (χ1) is 11.7. The average Bonchev–Trinajstić information content (AvgIpc) is 2.55. The molecule has 1 N–H and O–H groups in total. The Balaban J connectivity index is 2.27. The van der Waals surface area contributed by atoms with Gasteiger partial charge in [0.1, 0.15) is 12.6 Å². The number of amides is 1. The van der Waals surface area contributed by atoms with E-state index in [2.05, 4.69) is 5.32 Å². The minimum Gasteiger partial charge on any atom is -0.324 e. The van der Waals surface area contributed by atoms with Gasteiger partial charge in [-0.15, -0.1) is 0 Å². The van der Waals surface area contributed by atoms with Gasteiger partial charge in [-0.3, -0.25) is 9.10 Å². The van der Waals surface area contributed by atoms with Crippen LogP contribution < -0.4 is 9.62 Å². The van der Waals surface area contributed by atoms with Gasteiger partial charge in [-0.1, -0.05) is 12.1 Å². The van der Waals surface area contributed by atoms with Crippen LogP contribution in [0.15, 0.2) is 42.5 Å². The molecule has 0 fully saturated rings. The maximum atomic E-state index is 13.2. The first-order valence-corrected chi connectivity index (χ1v) is 8.79. The maximum Gasteiger partial charge on any atom is 0.245 e. The molecular formula is C16H13F2N3O3S. The number of para-hydroxylation sites is 1. The van der Waals surface area contributed by atoms with Crippen LogP contribution in [0.1, 0.15) is 5.56 Å². The zero-order valence-electron chi connectivity index (χ0n) is 13.0. The van der Waals surface area contributed by atoms with Crippen LogP contribution in [0.2, 0.25) is 0 Å². The lowest BCUT2D eigenvalue weighted by molar-refractivity contribution is -0.114. The fourth-order valence-electron chi connectivity index (χ4n) is 2.07. The second-order valence-electron chi connectivity index (χ2n) is 5.08. The average molecular weight is 365 g/mol. The lowest BCUT2D eigenvalue weighted by Crippen LogP contribution is -2.37. The third kappa shape index (κ3) is 4.51. The standard InChI is InChI=1S/C16H13F2N3O3S/c1-25(23,24)21(15-5-3-2-4-11(15)9-19)10-16(22)20-12-6-7-13(17)14(18)8-12/h2-8H,10H2,1H3,(H,20,22). The van der Waals surface area contributed by atoms with E-state index in [4.69, 9.17) is 5.26 Å². The number of halogens is 2. The summed E-state index contributed by atoms with van der Waals surface area (Å²) in [7, 11) is -3.87. The molecule has 1 amide bonds. The molecule has 0 unspecified atom stereocenters. The van der Waals surface area contributed by atoms with Gasteiger partial charge in [0.2, 0.25) is 15.9 Å². The SMILES string of the molecule is CS(=O)(=O)N(CC(=O)Nc1ccc(F)c(F)c1)c1ccccc1C#N. The second-order valence-corrected chi connectivity index (χ2v) is 6.98. The van der Waals surface area contributed by atoms with Crippen molar-refractivity contribution >= 4 is 27.3 Å². The lowest BCUT2D eigenvalue weighted by Gasteiger charge is -2.22. The zero-order chi connectivity index (χ0) is 18.6. The number of carbonyl (C=O) groups is 1. The molecule has 0 saturated heterocycles. The quantitative estimate of drug-likeness (QED) is 0.880. The summed E-state index contributed by atoms with van der Waals surface area (Å²) >= 11 is 0. The van der Waals surface area contributed by atoms with E-state index in [1.165, 1.54) is 18.2 Å². The highest BCUT2D eigenvalue weighted by molar-refractivity contribution is 7.92. The number of nitriles is 1. The van der Waals surface area contributed by atoms with Crippen molar-refractivity contribution in [2.45, 2.75) is 0 Å². The largest absolute Gasteiger partial charge is 0.324 e. The molecule has 0 saturated carbocycles. The molecule has 0 atom stereocenters. The molecule has 0 heterocycles. The van der Waals surface area contributed by atoms with Crippen LogP contribution in [0.25, 0.3) is 0 Å². The van der Waals surface area contributed by atoms with Crippen LogP contribution in [0, 0.1) is 23.0 Å². The van der Waals surface area contributed by atoms with E-state index in [1.54, 1.807) is 6.07 Å². The smallest absolute Gasteiger partial charge is 0.245 e. The van der Waals surface area contributed by atoms with Crippen molar-refractivity contribution in [1.29, 1.82) is 5.26 Å². The van der Waals surface area contributed by atoms with Gasteiger partial charge in [0.15, 0.2) is 11.6 Å². The predicted molar refractivity (Wildman–Crippen MR) is 88.3 cm³/mol. The molecule has 0 aromatic heterocycles. The minimum absolute atomic E-state index is 0.0223. The highest BCUT2D eigenvalue weighted by atomic mass is 32.2. The summed E-state index contributed by atoms with van der Waals surface area (Å²) in [4.78, 5) is 12.1. The molecule has 2 rings (SSSR count). The summed E-state index contributed by atoms with van der Waals surface area (Å²) < 4.78 is 50.9. The molecule has 0 aliphatic carbocycles. The molecule has 6 nitrogen and oxygen atoms in total. The number of hydrogen-bond donors (Lipinski definition) is 1. The zero-order valence-corrected chi connectivity index (χ0v) is 13.8. The molecule has 0 bridgehead atoms. The van der Waals surface area contributed by atoms with Crippen molar-refractivity contribution in [2.24, 2.45) is 0 Å². The third-order valence-corrected chi connectivity index (χ3v) is 4.31. The molecule has 2 aromatic carbocycles. The fraction of sp³-hybridized carbons (Fsp3) is 0.125. The van der Waals surface area contributed by atoms with Gasteiger partial charge in [0.25, 0.3) is 0 Å². The van der Waals surface area contributed by atoms with E-state index < -0.39 is 34.1 Å². The Kier molecular flexibility index (Phi) is 5.34. The van der Waals surface area contributed by atoms with Gasteiger partial charge in [0.05, 0.1) is 17.5 Å². The van der Waals surface area contributed by atoms with Crippen LogP contribution in [-0.4, -0.2) is 27.1 Å².